The van der Waals surface area contributed by atoms with Gasteiger partial charge in [-0.3, -0.25) is 10.1 Å². The number of nitro benzene ring substituents is 1. The van der Waals surface area contributed by atoms with Gasteiger partial charge in [-0.15, -0.1) is 0 Å². The molecule has 0 radical (unpaired) electrons. The van der Waals surface area contributed by atoms with E-state index in [1.807, 2.05) is 7.05 Å². The number of aromatic nitrogens is 2. The average Bonchev–Trinajstić information content (AvgIpc) is 2.97. The van der Waals surface area contributed by atoms with Gasteiger partial charge in [0.05, 0.1) is 4.92 Å². The zero-order chi connectivity index (χ0) is 14.8. The van der Waals surface area contributed by atoms with Crippen molar-refractivity contribution in [3.8, 4) is 5.75 Å². The van der Waals surface area contributed by atoms with E-state index in [1.165, 1.54) is 12.5 Å². The van der Waals surface area contributed by atoms with E-state index >= 15 is 0 Å². The van der Waals surface area contributed by atoms with Crippen molar-refractivity contribution in [1.29, 1.82) is 0 Å². The molecular weight excluding hydrogens is 276 g/mol. The number of rotatable bonds is 4. The van der Waals surface area contributed by atoms with Crippen molar-refractivity contribution in [2.24, 2.45) is 0 Å². The molecule has 1 aromatic heterocycles. The molecule has 1 saturated carbocycles. The number of non-ortho nitro benzene ring substituents is 1. The van der Waals surface area contributed by atoms with Crippen LogP contribution >= 0.6 is 0 Å². The Kier molecular flexibility index (Phi) is 3.70. The highest BCUT2D eigenvalue weighted by Crippen LogP contribution is 2.32. The van der Waals surface area contributed by atoms with E-state index in [4.69, 9.17) is 4.74 Å². The molecule has 1 aliphatic rings. The van der Waals surface area contributed by atoms with E-state index in [-0.39, 0.29) is 23.3 Å². The lowest BCUT2D eigenvalue weighted by Gasteiger charge is -2.31. The van der Waals surface area contributed by atoms with Gasteiger partial charge >= 0.3 is 5.69 Å². The molecular formula is C13H16N4O4. The lowest BCUT2D eigenvalue weighted by Crippen LogP contribution is -2.43. The van der Waals surface area contributed by atoms with Crippen LogP contribution in [0.25, 0.3) is 11.0 Å². The lowest BCUT2D eigenvalue weighted by atomic mass is 9.92. The molecule has 0 aliphatic heterocycles. The van der Waals surface area contributed by atoms with Gasteiger partial charge in [-0.05, 0) is 42.7 Å². The van der Waals surface area contributed by atoms with Gasteiger partial charge in [-0.1, -0.05) is 6.42 Å². The fraction of sp³-hybridized carbons (Fsp3) is 0.538. The highest BCUT2D eigenvalue weighted by molar-refractivity contribution is 5.88. The van der Waals surface area contributed by atoms with E-state index in [9.17, 15) is 10.1 Å². The molecule has 1 heterocycles. The summed E-state index contributed by atoms with van der Waals surface area (Å²) in [6.45, 7) is 0. The normalized spacial score (nSPS) is 22.3. The van der Waals surface area contributed by atoms with E-state index in [1.54, 1.807) is 6.07 Å². The molecule has 0 saturated heterocycles. The molecule has 1 aliphatic carbocycles. The molecule has 1 fully saturated rings. The van der Waals surface area contributed by atoms with E-state index in [0.29, 0.717) is 11.3 Å². The van der Waals surface area contributed by atoms with Crippen LogP contribution in [0.1, 0.15) is 25.7 Å². The van der Waals surface area contributed by atoms with Crippen LogP contribution in [0.15, 0.2) is 16.8 Å². The highest BCUT2D eigenvalue weighted by atomic mass is 16.6. The minimum absolute atomic E-state index is 0.0186. The summed E-state index contributed by atoms with van der Waals surface area (Å²) in [6, 6.07) is 3.20. The first-order chi connectivity index (χ1) is 10.2. The number of nitrogens with one attached hydrogen (secondary N) is 1. The third-order valence-electron chi connectivity index (χ3n) is 3.91. The van der Waals surface area contributed by atoms with Crippen molar-refractivity contribution in [2.45, 2.75) is 37.8 Å². The number of nitro groups is 1. The first-order valence-corrected chi connectivity index (χ1v) is 6.94. The molecule has 112 valence electrons. The Bertz CT molecular complexity index is 657. The molecule has 8 heteroatoms. The molecule has 0 amide bonds. The first-order valence-electron chi connectivity index (χ1n) is 6.94. The zero-order valence-electron chi connectivity index (χ0n) is 11.6. The van der Waals surface area contributed by atoms with Gasteiger partial charge in [0, 0.05) is 12.1 Å². The van der Waals surface area contributed by atoms with E-state index in [2.05, 4.69) is 20.3 Å². The number of hydrogen-bond donors (Lipinski definition) is 1. The summed E-state index contributed by atoms with van der Waals surface area (Å²) in [5.41, 5.74) is 0.284. The topological polar surface area (TPSA) is 103 Å². The Hall–Kier alpha value is -2.22. The molecule has 1 aromatic carbocycles. The third-order valence-corrected chi connectivity index (χ3v) is 3.91. The highest BCUT2D eigenvalue weighted by Gasteiger charge is 2.28. The van der Waals surface area contributed by atoms with Gasteiger partial charge in [0.2, 0.25) is 5.52 Å². The minimum atomic E-state index is -0.507. The van der Waals surface area contributed by atoms with Crippen LogP contribution in [-0.2, 0) is 0 Å². The lowest BCUT2D eigenvalue weighted by molar-refractivity contribution is -0.383. The number of benzene rings is 1. The number of nitrogens with zero attached hydrogens (tertiary/aromatic N) is 3. The smallest absolute Gasteiger partial charge is 0.301 e. The van der Waals surface area contributed by atoms with Crippen molar-refractivity contribution in [3.63, 3.8) is 0 Å². The van der Waals surface area contributed by atoms with Crippen molar-refractivity contribution in [2.75, 3.05) is 7.05 Å². The third kappa shape index (κ3) is 2.54. The Morgan fingerprint density at radius 1 is 1.33 bits per heavy atom. The Balaban J connectivity index is 1.92. The molecule has 0 spiro atoms. The molecule has 21 heavy (non-hydrogen) atoms. The van der Waals surface area contributed by atoms with Gasteiger partial charge in [0.1, 0.15) is 6.10 Å². The maximum Gasteiger partial charge on any atom is 0.301 e. The van der Waals surface area contributed by atoms with Gasteiger partial charge in [-0.25, -0.2) is 4.63 Å². The number of likely N-dealkylation sites (N-methyl/N-ethyl adjacent to an activating group) is 1. The van der Waals surface area contributed by atoms with Crippen molar-refractivity contribution < 1.29 is 14.3 Å². The molecule has 2 unspecified atom stereocenters. The predicted molar refractivity (Wildman–Crippen MR) is 74.2 cm³/mol. The molecule has 0 bridgehead atoms. The molecule has 1 N–H and O–H groups in total. The van der Waals surface area contributed by atoms with Crippen LogP contribution in [0.4, 0.5) is 5.69 Å². The summed E-state index contributed by atoms with van der Waals surface area (Å²) in [5, 5.41) is 21.6. The van der Waals surface area contributed by atoms with Crippen LogP contribution in [0, 0.1) is 10.1 Å². The largest absolute Gasteiger partial charge is 0.486 e. The van der Waals surface area contributed by atoms with Crippen LogP contribution in [0.5, 0.6) is 5.75 Å². The number of fused-ring (bicyclic) bond motifs is 1. The van der Waals surface area contributed by atoms with Crippen LogP contribution in [0.3, 0.4) is 0 Å². The maximum absolute atomic E-state index is 11.0. The summed E-state index contributed by atoms with van der Waals surface area (Å²) >= 11 is 0. The summed E-state index contributed by atoms with van der Waals surface area (Å²) in [7, 11) is 1.91. The van der Waals surface area contributed by atoms with Gasteiger partial charge in [0.15, 0.2) is 11.3 Å². The van der Waals surface area contributed by atoms with Crippen LogP contribution in [-0.4, -0.2) is 34.4 Å². The van der Waals surface area contributed by atoms with Crippen molar-refractivity contribution >= 4 is 16.7 Å². The molecule has 3 rings (SSSR count). The SMILES string of the molecule is CNC1CCCCC1Oc1ccc([N+](=O)[O-])c2nonc12. The maximum atomic E-state index is 11.0. The van der Waals surface area contributed by atoms with E-state index < -0.39 is 4.92 Å². The van der Waals surface area contributed by atoms with Gasteiger partial charge in [-0.2, -0.15) is 0 Å². The minimum Gasteiger partial charge on any atom is -0.486 e. The fourth-order valence-electron chi connectivity index (χ4n) is 2.80. The Morgan fingerprint density at radius 3 is 2.86 bits per heavy atom. The second kappa shape index (κ2) is 5.65. The number of ether oxygens (including phenoxy) is 1. The fourth-order valence-corrected chi connectivity index (χ4v) is 2.80. The standard InChI is InChI=1S/C13H16N4O4/c1-14-8-4-2-3-5-10(8)20-11-7-6-9(17(18)19)12-13(11)16-21-15-12/h6-8,10,14H,2-5H2,1H3. The molecule has 2 aromatic rings. The van der Waals surface area contributed by atoms with Gasteiger partial charge in [0.25, 0.3) is 0 Å². The van der Waals surface area contributed by atoms with E-state index in [0.717, 1.165) is 19.3 Å². The zero-order valence-corrected chi connectivity index (χ0v) is 11.6. The monoisotopic (exact) mass is 292 g/mol. The second-order valence-electron chi connectivity index (χ2n) is 5.14. The summed E-state index contributed by atoms with van der Waals surface area (Å²) in [4.78, 5) is 10.5. The summed E-state index contributed by atoms with van der Waals surface area (Å²) in [6.07, 6.45) is 4.29. The predicted octanol–water partition coefficient (Wildman–Crippen LogP) is 2.04. The molecule has 2 atom stereocenters. The summed E-state index contributed by atoms with van der Waals surface area (Å²) in [5.74, 6) is 0.476. The average molecular weight is 292 g/mol. The first kappa shape index (κ1) is 13.7. The summed E-state index contributed by atoms with van der Waals surface area (Å²) < 4.78 is 10.7. The van der Waals surface area contributed by atoms with Crippen molar-refractivity contribution in [3.05, 3.63) is 22.2 Å². The molecule has 8 nitrogen and oxygen atoms in total. The van der Waals surface area contributed by atoms with Crippen LogP contribution in [0.2, 0.25) is 0 Å². The van der Waals surface area contributed by atoms with Gasteiger partial charge < -0.3 is 10.1 Å². The second-order valence-corrected chi connectivity index (χ2v) is 5.14. The van der Waals surface area contributed by atoms with Crippen molar-refractivity contribution in [1.82, 2.24) is 15.6 Å². The number of hydrogen-bond acceptors (Lipinski definition) is 7. The van der Waals surface area contributed by atoms with Crippen LogP contribution < -0.4 is 10.1 Å². The quantitative estimate of drug-likeness (QED) is 0.679. The Labute approximate surface area is 120 Å². The Morgan fingerprint density at radius 2 is 2.10 bits per heavy atom.